The van der Waals surface area contributed by atoms with Gasteiger partial charge in [0.15, 0.2) is 5.65 Å². The normalized spacial score (nSPS) is 11.9. The molecule has 1 aromatic carbocycles. The molecule has 0 aliphatic heterocycles. The molecule has 0 saturated heterocycles. The van der Waals surface area contributed by atoms with Crippen LogP contribution in [0.5, 0.6) is 0 Å². The summed E-state index contributed by atoms with van der Waals surface area (Å²) in [6.45, 7) is 4.27. The van der Waals surface area contributed by atoms with Gasteiger partial charge in [0.05, 0.1) is 5.41 Å². The van der Waals surface area contributed by atoms with Gasteiger partial charge in [-0.3, -0.25) is 4.40 Å². The molecule has 3 aromatic rings. The molecule has 3 rings (SSSR count). The predicted octanol–water partition coefficient (Wildman–Crippen LogP) is 3.40. The molecule has 5 heteroatoms. The summed E-state index contributed by atoms with van der Waals surface area (Å²) in [5, 5.41) is 8.60. The van der Waals surface area contributed by atoms with Crippen molar-refractivity contribution >= 4 is 27.3 Å². The average Bonchev–Trinajstić information content (AvgIpc) is 2.82. The van der Waals surface area contributed by atoms with E-state index in [1.165, 1.54) is 0 Å². The van der Waals surface area contributed by atoms with Crippen LogP contribution in [0.4, 0.5) is 5.69 Å². The number of fused-ring (bicyclic) bond motifs is 1. The van der Waals surface area contributed by atoms with Crippen LogP contribution in [-0.4, -0.2) is 14.6 Å². The SMILES string of the molecule is CC(C)(c1ccc(N)cc1)c1nnc2ccc(Br)cn12. The van der Waals surface area contributed by atoms with E-state index in [-0.39, 0.29) is 5.41 Å². The van der Waals surface area contributed by atoms with E-state index >= 15 is 0 Å². The second-order valence-electron chi connectivity index (χ2n) is 5.35. The molecule has 0 saturated carbocycles. The van der Waals surface area contributed by atoms with Crippen LogP contribution >= 0.6 is 15.9 Å². The first-order valence-electron chi connectivity index (χ1n) is 6.35. The van der Waals surface area contributed by atoms with Gasteiger partial charge in [0.25, 0.3) is 0 Å². The van der Waals surface area contributed by atoms with Crippen molar-refractivity contribution in [2.45, 2.75) is 19.3 Å². The Morgan fingerprint density at radius 3 is 2.45 bits per heavy atom. The number of nitrogen functional groups attached to an aromatic ring is 1. The second-order valence-corrected chi connectivity index (χ2v) is 6.26. The molecule has 2 heterocycles. The van der Waals surface area contributed by atoms with E-state index < -0.39 is 0 Å². The van der Waals surface area contributed by atoms with Gasteiger partial charge in [-0.1, -0.05) is 12.1 Å². The molecule has 0 spiro atoms. The Kier molecular flexibility index (Phi) is 3.01. The molecular formula is C15H15BrN4. The molecule has 20 heavy (non-hydrogen) atoms. The highest BCUT2D eigenvalue weighted by Crippen LogP contribution is 2.31. The van der Waals surface area contributed by atoms with Gasteiger partial charge < -0.3 is 5.73 Å². The van der Waals surface area contributed by atoms with Crippen LogP contribution in [0.1, 0.15) is 25.2 Å². The van der Waals surface area contributed by atoms with E-state index in [4.69, 9.17) is 5.73 Å². The first-order valence-corrected chi connectivity index (χ1v) is 7.14. The number of nitrogens with zero attached hydrogens (tertiary/aromatic N) is 3. The fraction of sp³-hybridized carbons (Fsp3) is 0.200. The Morgan fingerprint density at radius 1 is 1.05 bits per heavy atom. The van der Waals surface area contributed by atoms with E-state index in [1.54, 1.807) is 0 Å². The summed E-state index contributed by atoms with van der Waals surface area (Å²) >= 11 is 3.49. The minimum Gasteiger partial charge on any atom is -0.399 e. The van der Waals surface area contributed by atoms with E-state index in [0.29, 0.717) is 0 Å². The molecule has 4 nitrogen and oxygen atoms in total. The highest BCUT2D eigenvalue weighted by atomic mass is 79.9. The number of benzene rings is 1. The lowest BCUT2D eigenvalue weighted by atomic mass is 9.83. The van der Waals surface area contributed by atoms with Crippen LogP contribution < -0.4 is 5.73 Å². The quantitative estimate of drug-likeness (QED) is 0.732. The number of aromatic nitrogens is 3. The van der Waals surface area contributed by atoms with Gasteiger partial charge in [-0.05, 0) is 59.6 Å². The summed E-state index contributed by atoms with van der Waals surface area (Å²) in [7, 11) is 0. The lowest BCUT2D eigenvalue weighted by Gasteiger charge is -2.23. The fourth-order valence-electron chi connectivity index (χ4n) is 2.32. The molecule has 0 bridgehead atoms. The zero-order valence-electron chi connectivity index (χ0n) is 11.3. The standard InChI is InChI=1S/C15H15BrN4/c1-15(2,10-3-6-12(17)7-4-10)14-19-18-13-8-5-11(16)9-20(13)14/h3-9H,17H2,1-2H3. The molecule has 0 fully saturated rings. The van der Waals surface area contributed by atoms with Gasteiger partial charge in [0, 0.05) is 16.4 Å². The van der Waals surface area contributed by atoms with E-state index in [0.717, 1.165) is 27.2 Å². The zero-order valence-corrected chi connectivity index (χ0v) is 12.9. The lowest BCUT2D eigenvalue weighted by molar-refractivity contribution is 0.582. The number of pyridine rings is 1. The maximum absolute atomic E-state index is 5.76. The number of hydrogen-bond acceptors (Lipinski definition) is 3. The Hall–Kier alpha value is -1.88. The maximum Gasteiger partial charge on any atom is 0.160 e. The second kappa shape index (κ2) is 4.59. The molecular weight excluding hydrogens is 316 g/mol. The summed E-state index contributed by atoms with van der Waals surface area (Å²) in [5.74, 6) is 0.901. The van der Waals surface area contributed by atoms with Crippen molar-refractivity contribution < 1.29 is 0 Å². The maximum atomic E-state index is 5.76. The van der Waals surface area contributed by atoms with Gasteiger partial charge in [-0.25, -0.2) is 0 Å². The molecule has 0 aliphatic carbocycles. The van der Waals surface area contributed by atoms with Crippen molar-refractivity contribution in [3.63, 3.8) is 0 Å². The van der Waals surface area contributed by atoms with Crippen molar-refractivity contribution in [2.24, 2.45) is 0 Å². The molecule has 0 unspecified atom stereocenters. The van der Waals surface area contributed by atoms with Crippen molar-refractivity contribution in [1.29, 1.82) is 0 Å². The minimum atomic E-state index is -0.256. The molecule has 102 valence electrons. The summed E-state index contributed by atoms with van der Waals surface area (Å²) in [5.41, 5.74) is 8.26. The van der Waals surface area contributed by atoms with Gasteiger partial charge in [-0.2, -0.15) is 0 Å². The highest BCUT2D eigenvalue weighted by Gasteiger charge is 2.28. The van der Waals surface area contributed by atoms with Crippen LogP contribution in [0.15, 0.2) is 47.1 Å². The van der Waals surface area contributed by atoms with Gasteiger partial charge in [-0.15, -0.1) is 10.2 Å². The summed E-state index contributed by atoms with van der Waals surface area (Å²) in [6, 6.07) is 11.8. The van der Waals surface area contributed by atoms with E-state index in [2.05, 4.69) is 40.0 Å². The average molecular weight is 331 g/mol. The Bertz CT molecular complexity index is 759. The van der Waals surface area contributed by atoms with Crippen LogP contribution in [0, 0.1) is 0 Å². The van der Waals surface area contributed by atoms with Crippen LogP contribution in [0.25, 0.3) is 5.65 Å². The predicted molar refractivity (Wildman–Crippen MR) is 83.7 cm³/mol. The summed E-state index contributed by atoms with van der Waals surface area (Å²) in [6.07, 6.45) is 1.99. The molecule has 2 N–H and O–H groups in total. The Labute approximate surface area is 125 Å². The number of hydrogen-bond donors (Lipinski definition) is 1. The van der Waals surface area contributed by atoms with Crippen LogP contribution in [0.3, 0.4) is 0 Å². The third-order valence-corrected chi connectivity index (χ3v) is 4.03. The lowest BCUT2D eigenvalue weighted by Crippen LogP contribution is -2.22. The summed E-state index contributed by atoms with van der Waals surface area (Å²) < 4.78 is 3.01. The van der Waals surface area contributed by atoms with Crippen molar-refractivity contribution in [3.05, 3.63) is 58.5 Å². The van der Waals surface area contributed by atoms with Gasteiger partial charge in [0.2, 0.25) is 0 Å². The largest absolute Gasteiger partial charge is 0.399 e. The molecule has 0 aliphatic rings. The Balaban J connectivity index is 2.17. The molecule has 0 atom stereocenters. The van der Waals surface area contributed by atoms with Crippen molar-refractivity contribution in [1.82, 2.24) is 14.6 Å². The number of nitrogens with two attached hydrogens (primary N) is 1. The summed E-state index contributed by atoms with van der Waals surface area (Å²) in [4.78, 5) is 0. The van der Waals surface area contributed by atoms with E-state index in [1.807, 2.05) is 47.0 Å². The topological polar surface area (TPSA) is 56.2 Å². The Morgan fingerprint density at radius 2 is 1.75 bits per heavy atom. The molecule has 0 radical (unpaired) electrons. The van der Waals surface area contributed by atoms with Gasteiger partial charge in [0.1, 0.15) is 5.82 Å². The molecule has 2 aromatic heterocycles. The first-order chi connectivity index (χ1) is 9.48. The highest BCUT2D eigenvalue weighted by molar-refractivity contribution is 9.10. The van der Waals surface area contributed by atoms with Gasteiger partial charge >= 0.3 is 0 Å². The third kappa shape index (κ3) is 2.08. The number of halogens is 1. The first kappa shape index (κ1) is 13.1. The van der Waals surface area contributed by atoms with E-state index in [9.17, 15) is 0 Å². The monoisotopic (exact) mass is 330 g/mol. The molecule has 0 amide bonds. The van der Waals surface area contributed by atoms with Crippen LogP contribution in [-0.2, 0) is 5.41 Å². The number of anilines is 1. The zero-order chi connectivity index (χ0) is 14.3. The third-order valence-electron chi connectivity index (χ3n) is 3.56. The fourth-order valence-corrected chi connectivity index (χ4v) is 2.66. The van der Waals surface area contributed by atoms with Crippen molar-refractivity contribution in [3.8, 4) is 0 Å². The minimum absolute atomic E-state index is 0.256. The number of rotatable bonds is 2. The van der Waals surface area contributed by atoms with Crippen LogP contribution in [0.2, 0.25) is 0 Å². The smallest absolute Gasteiger partial charge is 0.160 e. The van der Waals surface area contributed by atoms with Crippen molar-refractivity contribution in [2.75, 3.05) is 5.73 Å².